The average molecular weight is 446 g/mol. The number of fused-ring (bicyclic) bond motifs is 1. The lowest BCUT2D eigenvalue weighted by atomic mass is 10.2. The molecular formula is C17H15F5N6O3. The molecule has 3 rings (SSSR count). The predicted molar refractivity (Wildman–Crippen MR) is 100 cm³/mol. The molecule has 1 amide bonds. The summed E-state index contributed by atoms with van der Waals surface area (Å²) in [7, 11) is 0. The summed E-state index contributed by atoms with van der Waals surface area (Å²) in [6.45, 7) is -0.510. The van der Waals surface area contributed by atoms with Crippen LogP contribution in [0.15, 0.2) is 36.5 Å². The number of carboxylic acids is 1. The maximum atomic E-state index is 12.4. The number of hydrogen-bond donors (Lipinski definition) is 5. The number of nitrogens with one attached hydrogen (secondary N) is 3. The first-order valence-electron chi connectivity index (χ1n) is 8.31. The van der Waals surface area contributed by atoms with Crippen LogP contribution < -0.4 is 16.4 Å². The van der Waals surface area contributed by atoms with Crippen LogP contribution in [0.2, 0.25) is 0 Å². The number of carbonyl (C=O) groups excluding carboxylic acids is 1. The average Bonchev–Trinajstić information content (AvgIpc) is 3.15. The van der Waals surface area contributed by atoms with Crippen molar-refractivity contribution >= 4 is 40.4 Å². The molecule has 0 fully saturated rings. The molecule has 0 aliphatic carbocycles. The minimum atomic E-state index is -5.08. The summed E-state index contributed by atoms with van der Waals surface area (Å²) in [5.41, 5.74) is 6.70. The predicted octanol–water partition coefficient (Wildman–Crippen LogP) is 3.11. The van der Waals surface area contributed by atoms with Crippen LogP contribution in [0.5, 0.6) is 0 Å². The van der Waals surface area contributed by atoms with Gasteiger partial charge in [-0.25, -0.2) is 13.6 Å². The summed E-state index contributed by atoms with van der Waals surface area (Å²) in [6.07, 6.45) is -5.93. The highest BCUT2D eigenvalue weighted by atomic mass is 19.4. The largest absolute Gasteiger partial charge is 0.490 e. The van der Waals surface area contributed by atoms with Crippen LogP contribution in [0.4, 0.5) is 39.4 Å². The Labute approximate surface area is 170 Å². The number of H-pyrrole nitrogens is 1. The zero-order chi connectivity index (χ0) is 23.2. The highest BCUT2D eigenvalue weighted by Gasteiger charge is 2.38. The van der Waals surface area contributed by atoms with E-state index in [9.17, 15) is 26.7 Å². The third-order valence-electron chi connectivity index (χ3n) is 3.51. The molecule has 0 bridgehead atoms. The number of aromatic nitrogens is 3. The van der Waals surface area contributed by atoms with Gasteiger partial charge in [0, 0.05) is 17.4 Å². The number of halogens is 5. The molecule has 0 aliphatic heterocycles. The Kier molecular flexibility index (Phi) is 7.28. The Morgan fingerprint density at radius 3 is 2.26 bits per heavy atom. The van der Waals surface area contributed by atoms with Crippen LogP contribution in [-0.4, -0.2) is 51.1 Å². The fraction of sp³-hybridized carbons (Fsp3) is 0.176. The van der Waals surface area contributed by atoms with Crippen molar-refractivity contribution in [2.24, 2.45) is 5.73 Å². The molecule has 6 N–H and O–H groups in total. The number of carboxylic acid groups (broad SMARTS) is 1. The number of hydrogen-bond acceptors (Lipinski definition) is 6. The van der Waals surface area contributed by atoms with Crippen LogP contribution >= 0.6 is 0 Å². The minimum Gasteiger partial charge on any atom is -0.475 e. The van der Waals surface area contributed by atoms with E-state index in [1.54, 1.807) is 36.5 Å². The van der Waals surface area contributed by atoms with Crippen LogP contribution in [0.25, 0.3) is 11.0 Å². The molecule has 2 aromatic heterocycles. The van der Waals surface area contributed by atoms with E-state index < -0.39 is 31.0 Å². The first kappa shape index (κ1) is 23.3. The zero-order valence-corrected chi connectivity index (χ0v) is 15.4. The van der Waals surface area contributed by atoms with E-state index in [-0.39, 0.29) is 5.95 Å². The molecule has 9 nitrogen and oxygen atoms in total. The van der Waals surface area contributed by atoms with Crippen LogP contribution in [0, 0.1) is 0 Å². The van der Waals surface area contributed by atoms with Gasteiger partial charge >= 0.3 is 12.1 Å². The summed E-state index contributed by atoms with van der Waals surface area (Å²) in [4.78, 5) is 31.4. The third kappa shape index (κ3) is 6.80. The summed E-state index contributed by atoms with van der Waals surface area (Å²) in [5, 5.41) is 13.3. The zero-order valence-electron chi connectivity index (χ0n) is 15.4. The van der Waals surface area contributed by atoms with E-state index in [0.29, 0.717) is 28.1 Å². The van der Waals surface area contributed by atoms with Crippen LogP contribution in [0.3, 0.4) is 0 Å². The van der Waals surface area contributed by atoms with Crippen molar-refractivity contribution in [2.75, 3.05) is 17.2 Å². The number of amides is 1. The van der Waals surface area contributed by atoms with E-state index in [0.717, 1.165) is 0 Å². The summed E-state index contributed by atoms with van der Waals surface area (Å²) in [5.74, 6) is -2.75. The van der Waals surface area contributed by atoms with E-state index in [1.807, 2.05) is 0 Å². The molecule has 0 aliphatic rings. The van der Waals surface area contributed by atoms with Crippen molar-refractivity contribution in [1.29, 1.82) is 0 Å². The van der Waals surface area contributed by atoms with Gasteiger partial charge in [0.25, 0.3) is 6.43 Å². The van der Waals surface area contributed by atoms with Crippen molar-refractivity contribution in [2.45, 2.75) is 12.6 Å². The molecule has 0 saturated heterocycles. The number of nitrogens with two attached hydrogens (primary N) is 1. The molecular weight excluding hydrogens is 431 g/mol. The van der Waals surface area contributed by atoms with Gasteiger partial charge in [-0.2, -0.15) is 23.1 Å². The maximum absolute atomic E-state index is 12.4. The van der Waals surface area contributed by atoms with Crippen LogP contribution in [-0.2, 0) is 4.79 Å². The minimum absolute atomic E-state index is 0.230. The van der Waals surface area contributed by atoms with E-state index in [4.69, 9.17) is 15.6 Å². The molecule has 0 saturated carbocycles. The smallest absolute Gasteiger partial charge is 0.475 e. The van der Waals surface area contributed by atoms with Gasteiger partial charge < -0.3 is 26.5 Å². The number of aromatic amines is 1. The van der Waals surface area contributed by atoms with E-state index in [2.05, 4.69) is 25.6 Å². The third-order valence-corrected chi connectivity index (χ3v) is 3.51. The van der Waals surface area contributed by atoms with Gasteiger partial charge in [0.1, 0.15) is 11.5 Å². The first-order valence-corrected chi connectivity index (χ1v) is 8.31. The molecule has 2 heterocycles. The molecule has 0 atom stereocenters. The van der Waals surface area contributed by atoms with Crippen LogP contribution in [0.1, 0.15) is 10.4 Å². The van der Waals surface area contributed by atoms with Crippen molar-refractivity contribution in [3.05, 3.63) is 42.1 Å². The van der Waals surface area contributed by atoms with Gasteiger partial charge in [0.05, 0.1) is 11.9 Å². The molecule has 14 heteroatoms. The Balaban J connectivity index is 0.000000423. The normalized spacial score (nSPS) is 11.0. The first-order chi connectivity index (χ1) is 14.5. The summed E-state index contributed by atoms with van der Waals surface area (Å²) in [6, 6.07) is 8.12. The number of nitrogens with zero attached hydrogens (tertiary/aromatic N) is 2. The van der Waals surface area contributed by atoms with Gasteiger partial charge in [-0.05, 0) is 30.3 Å². The van der Waals surface area contributed by atoms with E-state index >= 15 is 0 Å². The second kappa shape index (κ2) is 9.69. The SMILES string of the molecule is NC(=O)c1ccc(Nc2nc(NCC(F)F)c3cc[nH]c3n2)cc1.O=C(O)C(F)(F)F. The quantitative estimate of drug-likeness (QED) is 0.366. The number of alkyl halides is 5. The lowest BCUT2D eigenvalue weighted by Gasteiger charge is -2.10. The van der Waals surface area contributed by atoms with Crippen molar-refractivity contribution in [3.8, 4) is 0 Å². The maximum Gasteiger partial charge on any atom is 0.490 e. The monoisotopic (exact) mass is 446 g/mol. The van der Waals surface area contributed by atoms with Gasteiger partial charge in [-0.1, -0.05) is 0 Å². The van der Waals surface area contributed by atoms with Gasteiger partial charge in [-0.3, -0.25) is 4.79 Å². The Morgan fingerprint density at radius 2 is 1.74 bits per heavy atom. The number of benzene rings is 1. The second-order valence-electron chi connectivity index (χ2n) is 5.78. The van der Waals surface area contributed by atoms with Crippen molar-refractivity contribution < 1.29 is 36.6 Å². The van der Waals surface area contributed by atoms with Crippen molar-refractivity contribution in [3.63, 3.8) is 0 Å². The Bertz CT molecular complexity index is 1050. The Morgan fingerprint density at radius 1 is 1.13 bits per heavy atom. The van der Waals surface area contributed by atoms with Gasteiger partial charge in [0.2, 0.25) is 11.9 Å². The fourth-order valence-electron chi connectivity index (χ4n) is 2.15. The fourth-order valence-corrected chi connectivity index (χ4v) is 2.15. The standard InChI is InChI=1S/C15H14F2N6O.C2HF3O2/c16-11(17)7-20-14-10-5-6-19-13(10)22-15(23-14)21-9-3-1-8(2-4-9)12(18)24;3-2(4,5)1(6)7/h1-6,11H,7H2,(H2,18,24)(H3,19,20,21,22,23);(H,6,7). The number of anilines is 3. The lowest BCUT2D eigenvalue weighted by Crippen LogP contribution is -2.21. The highest BCUT2D eigenvalue weighted by molar-refractivity contribution is 5.93. The number of rotatable bonds is 6. The molecule has 1 aromatic carbocycles. The van der Waals surface area contributed by atoms with Gasteiger partial charge in [-0.15, -0.1) is 0 Å². The number of aliphatic carboxylic acids is 1. The molecule has 0 spiro atoms. The number of carbonyl (C=O) groups is 2. The topological polar surface area (TPSA) is 146 Å². The second-order valence-corrected chi connectivity index (χ2v) is 5.78. The van der Waals surface area contributed by atoms with E-state index in [1.165, 1.54) is 0 Å². The molecule has 0 unspecified atom stereocenters. The molecule has 0 radical (unpaired) electrons. The van der Waals surface area contributed by atoms with Gasteiger partial charge in [0.15, 0.2) is 0 Å². The lowest BCUT2D eigenvalue weighted by molar-refractivity contribution is -0.192. The summed E-state index contributed by atoms with van der Waals surface area (Å²) < 4.78 is 56.6. The number of primary amides is 1. The van der Waals surface area contributed by atoms with Crippen molar-refractivity contribution in [1.82, 2.24) is 15.0 Å². The molecule has 31 heavy (non-hydrogen) atoms. The Hall–Kier alpha value is -3.97. The molecule has 3 aromatic rings. The highest BCUT2D eigenvalue weighted by Crippen LogP contribution is 2.23. The molecule has 166 valence electrons. The summed E-state index contributed by atoms with van der Waals surface area (Å²) >= 11 is 0.